The molecule has 0 radical (unpaired) electrons. The lowest BCUT2D eigenvalue weighted by atomic mass is 10.2. The molecule has 0 unspecified atom stereocenters. The molecule has 6 nitrogen and oxygen atoms in total. The van der Waals surface area contributed by atoms with Crippen LogP contribution in [0.25, 0.3) is 0 Å². The van der Waals surface area contributed by atoms with E-state index < -0.39 is 10.0 Å². The van der Waals surface area contributed by atoms with Gasteiger partial charge in [0.1, 0.15) is 4.21 Å². The molecule has 2 aromatic rings. The minimum Gasteiger partial charge on any atom is -0.357 e. The number of nitrogens with one attached hydrogen (secondary N) is 3. The van der Waals surface area contributed by atoms with Crippen LogP contribution in [-0.2, 0) is 16.6 Å². The standard InChI is InChI=1S/C16H22N4O2S2/c1-2-17-16(19-13-14-7-4-3-5-8-14)18-10-11-20-24(21,22)15-9-6-12-23-15/h3-9,12,20H,2,10-11,13H2,1H3,(H2,17,18,19). The summed E-state index contributed by atoms with van der Waals surface area (Å²) < 4.78 is 26.9. The Morgan fingerprint density at radius 2 is 1.88 bits per heavy atom. The molecular formula is C16H22N4O2S2. The Balaban J connectivity index is 1.81. The van der Waals surface area contributed by atoms with Crippen LogP contribution < -0.4 is 15.4 Å². The van der Waals surface area contributed by atoms with E-state index in [1.807, 2.05) is 37.3 Å². The lowest BCUT2D eigenvalue weighted by molar-refractivity contribution is 0.582. The molecule has 1 aromatic heterocycles. The van der Waals surface area contributed by atoms with Crippen molar-refractivity contribution in [2.75, 3.05) is 19.6 Å². The second kappa shape index (κ2) is 9.41. The highest BCUT2D eigenvalue weighted by molar-refractivity contribution is 7.91. The summed E-state index contributed by atoms with van der Waals surface area (Å²) in [5, 5.41) is 8.01. The van der Waals surface area contributed by atoms with Crippen LogP contribution in [0.15, 0.2) is 57.0 Å². The van der Waals surface area contributed by atoms with Gasteiger partial charge in [0.25, 0.3) is 0 Å². The van der Waals surface area contributed by atoms with Gasteiger partial charge in [-0.2, -0.15) is 0 Å². The number of guanidine groups is 1. The minimum absolute atomic E-state index is 0.288. The smallest absolute Gasteiger partial charge is 0.250 e. The van der Waals surface area contributed by atoms with Gasteiger partial charge in [0.2, 0.25) is 10.0 Å². The van der Waals surface area contributed by atoms with Crippen LogP contribution in [0.5, 0.6) is 0 Å². The lowest BCUT2D eigenvalue weighted by Gasteiger charge is -2.11. The van der Waals surface area contributed by atoms with Crippen LogP contribution in [0, 0.1) is 0 Å². The highest BCUT2D eigenvalue weighted by atomic mass is 32.2. The highest BCUT2D eigenvalue weighted by Crippen LogP contribution is 2.14. The first kappa shape index (κ1) is 18.4. The molecule has 0 saturated heterocycles. The molecule has 8 heteroatoms. The summed E-state index contributed by atoms with van der Waals surface area (Å²) in [6, 6.07) is 13.3. The Morgan fingerprint density at radius 3 is 2.54 bits per heavy atom. The Hall–Kier alpha value is -1.90. The molecular weight excluding hydrogens is 344 g/mol. The van der Waals surface area contributed by atoms with Gasteiger partial charge in [0.05, 0.1) is 6.54 Å². The summed E-state index contributed by atoms with van der Waals surface area (Å²) in [5.41, 5.74) is 1.12. The Labute approximate surface area is 147 Å². The topological polar surface area (TPSA) is 82.6 Å². The van der Waals surface area contributed by atoms with Gasteiger partial charge in [0, 0.05) is 19.6 Å². The number of hydrogen-bond donors (Lipinski definition) is 3. The molecule has 24 heavy (non-hydrogen) atoms. The summed E-state index contributed by atoms with van der Waals surface area (Å²) in [6.07, 6.45) is 0. The molecule has 3 N–H and O–H groups in total. The fraction of sp³-hybridized carbons (Fsp3) is 0.312. The molecule has 1 aromatic carbocycles. The largest absolute Gasteiger partial charge is 0.357 e. The van der Waals surface area contributed by atoms with Crippen molar-refractivity contribution >= 4 is 27.3 Å². The minimum atomic E-state index is -3.41. The van der Waals surface area contributed by atoms with E-state index in [0.717, 1.165) is 12.1 Å². The van der Waals surface area contributed by atoms with Crippen LogP contribution in [0.2, 0.25) is 0 Å². The first-order valence-corrected chi connectivity index (χ1v) is 10.1. The van der Waals surface area contributed by atoms with Gasteiger partial charge < -0.3 is 10.6 Å². The zero-order valence-corrected chi connectivity index (χ0v) is 15.2. The van der Waals surface area contributed by atoms with Gasteiger partial charge in [-0.25, -0.2) is 18.1 Å². The number of aliphatic imine (C=N–C) groups is 1. The number of thiophene rings is 1. The second-order valence-corrected chi connectivity index (χ2v) is 7.88. The molecule has 0 atom stereocenters. The highest BCUT2D eigenvalue weighted by Gasteiger charge is 2.13. The third kappa shape index (κ3) is 5.95. The van der Waals surface area contributed by atoms with E-state index in [4.69, 9.17) is 0 Å². The van der Waals surface area contributed by atoms with Crippen LogP contribution >= 0.6 is 11.3 Å². The van der Waals surface area contributed by atoms with Crippen molar-refractivity contribution in [2.24, 2.45) is 4.99 Å². The van der Waals surface area contributed by atoms with E-state index in [0.29, 0.717) is 23.3 Å². The van der Waals surface area contributed by atoms with Gasteiger partial charge in [-0.3, -0.25) is 0 Å². The third-order valence-electron chi connectivity index (χ3n) is 3.08. The van der Waals surface area contributed by atoms with Crippen molar-refractivity contribution in [3.05, 3.63) is 53.4 Å². The molecule has 0 saturated carbocycles. The molecule has 0 aliphatic heterocycles. The van der Waals surface area contributed by atoms with Crippen LogP contribution in [0.3, 0.4) is 0 Å². The van der Waals surface area contributed by atoms with Crippen molar-refractivity contribution in [2.45, 2.75) is 17.7 Å². The van der Waals surface area contributed by atoms with Crippen molar-refractivity contribution < 1.29 is 8.42 Å². The predicted molar refractivity (Wildman–Crippen MR) is 98.8 cm³/mol. The predicted octanol–water partition coefficient (Wildman–Crippen LogP) is 1.78. The number of nitrogens with zero attached hydrogens (tertiary/aromatic N) is 1. The molecule has 0 aliphatic carbocycles. The number of benzene rings is 1. The Bertz CT molecular complexity index is 729. The van der Waals surface area contributed by atoms with Gasteiger partial charge in [0.15, 0.2) is 5.96 Å². The quantitative estimate of drug-likeness (QED) is 0.378. The molecule has 0 aliphatic rings. The monoisotopic (exact) mass is 366 g/mol. The summed E-state index contributed by atoms with van der Waals surface area (Å²) in [7, 11) is -3.41. The molecule has 0 spiro atoms. The summed E-state index contributed by atoms with van der Waals surface area (Å²) in [6.45, 7) is 4.03. The van der Waals surface area contributed by atoms with E-state index in [2.05, 4.69) is 20.3 Å². The van der Waals surface area contributed by atoms with E-state index in [1.54, 1.807) is 17.5 Å². The van der Waals surface area contributed by atoms with Gasteiger partial charge >= 0.3 is 0 Å². The van der Waals surface area contributed by atoms with Crippen molar-refractivity contribution in [1.82, 2.24) is 15.4 Å². The number of hydrogen-bond acceptors (Lipinski definition) is 4. The van der Waals surface area contributed by atoms with Crippen LogP contribution in [-0.4, -0.2) is 34.0 Å². The number of sulfonamides is 1. The van der Waals surface area contributed by atoms with Crippen LogP contribution in [0.1, 0.15) is 12.5 Å². The van der Waals surface area contributed by atoms with Crippen molar-refractivity contribution in [1.29, 1.82) is 0 Å². The summed E-state index contributed by atoms with van der Waals surface area (Å²) in [5.74, 6) is 0.664. The van der Waals surface area contributed by atoms with E-state index >= 15 is 0 Å². The first-order valence-electron chi connectivity index (χ1n) is 7.71. The average molecular weight is 367 g/mol. The SMILES string of the molecule is CCNC(=NCc1ccccc1)NCCNS(=O)(=O)c1cccs1. The van der Waals surface area contributed by atoms with E-state index in [9.17, 15) is 8.42 Å². The van der Waals surface area contributed by atoms with Gasteiger partial charge in [-0.1, -0.05) is 36.4 Å². The molecule has 2 rings (SSSR count). The fourth-order valence-electron chi connectivity index (χ4n) is 1.95. The molecule has 0 amide bonds. The normalized spacial score (nSPS) is 12.1. The maximum atomic E-state index is 12.0. The third-order valence-corrected chi connectivity index (χ3v) is 5.93. The maximum absolute atomic E-state index is 12.0. The molecule has 0 fully saturated rings. The van der Waals surface area contributed by atoms with Crippen molar-refractivity contribution in [3.63, 3.8) is 0 Å². The zero-order chi connectivity index (χ0) is 17.3. The molecule has 1 heterocycles. The molecule has 0 bridgehead atoms. The van der Waals surface area contributed by atoms with Gasteiger partial charge in [-0.15, -0.1) is 11.3 Å². The Kier molecular flexibility index (Phi) is 7.23. The number of rotatable bonds is 8. The summed E-state index contributed by atoms with van der Waals surface area (Å²) in [4.78, 5) is 4.49. The second-order valence-electron chi connectivity index (χ2n) is 4.94. The van der Waals surface area contributed by atoms with Gasteiger partial charge in [-0.05, 0) is 23.9 Å². The van der Waals surface area contributed by atoms with E-state index in [1.165, 1.54) is 11.3 Å². The van der Waals surface area contributed by atoms with Crippen molar-refractivity contribution in [3.8, 4) is 0 Å². The lowest BCUT2D eigenvalue weighted by Crippen LogP contribution is -2.41. The Morgan fingerprint density at radius 1 is 1.08 bits per heavy atom. The zero-order valence-electron chi connectivity index (χ0n) is 13.5. The maximum Gasteiger partial charge on any atom is 0.250 e. The fourth-order valence-corrected chi connectivity index (χ4v) is 4.02. The average Bonchev–Trinajstić information content (AvgIpc) is 3.13. The first-order chi connectivity index (χ1) is 11.6. The van der Waals surface area contributed by atoms with Crippen LogP contribution in [0.4, 0.5) is 0 Å². The molecule has 130 valence electrons. The summed E-state index contributed by atoms with van der Waals surface area (Å²) >= 11 is 1.20. The van der Waals surface area contributed by atoms with E-state index in [-0.39, 0.29) is 6.54 Å².